The lowest BCUT2D eigenvalue weighted by molar-refractivity contribution is -0.112. The van der Waals surface area contributed by atoms with Crippen LogP contribution in [0.4, 0.5) is 5.69 Å². The second kappa shape index (κ2) is 12.3. The Morgan fingerprint density at radius 3 is 2.50 bits per heavy atom. The third-order valence-electron chi connectivity index (χ3n) is 4.79. The average Bonchev–Trinajstić information content (AvgIpc) is 2.86. The highest BCUT2D eigenvalue weighted by Gasteiger charge is 2.11. The van der Waals surface area contributed by atoms with Crippen LogP contribution in [0.2, 0.25) is 5.02 Å². The Labute approximate surface area is 204 Å². The van der Waals surface area contributed by atoms with E-state index in [9.17, 15) is 10.1 Å². The van der Waals surface area contributed by atoms with E-state index in [0.717, 1.165) is 12.0 Å². The second-order valence-corrected chi connectivity index (χ2v) is 7.69. The predicted molar refractivity (Wildman–Crippen MR) is 133 cm³/mol. The number of halogens is 1. The van der Waals surface area contributed by atoms with Crippen molar-refractivity contribution in [1.82, 2.24) is 0 Å². The summed E-state index contributed by atoms with van der Waals surface area (Å²) in [4.78, 5) is 12.6. The van der Waals surface area contributed by atoms with E-state index in [2.05, 4.69) is 5.32 Å². The summed E-state index contributed by atoms with van der Waals surface area (Å²) in [7, 11) is 1.54. The third-order valence-corrected chi connectivity index (χ3v) is 5.16. The van der Waals surface area contributed by atoms with Crippen LogP contribution >= 0.6 is 11.6 Å². The van der Waals surface area contributed by atoms with Crippen molar-refractivity contribution in [1.29, 1.82) is 5.26 Å². The molecule has 3 aromatic carbocycles. The molecule has 0 aromatic heterocycles. The average molecular weight is 477 g/mol. The fraction of sp³-hybridized carbons (Fsp3) is 0.185. The minimum Gasteiger partial charge on any atom is -0.493 e. The second-order valence-electron chi connectivity index (χ2n) is 7.29. The molecule has 6 nitrogen and oxygen atoms in total. The topological polar surface area (TPSA) is 80.6 Å². The molecule has 0 fully saturated rings. The molecule has 0 heterocycles. The lowest BCUT2D eigenvalue weighted by Crippen LogP contribution is -2.13. The van der Waals surface area contributed by atoms with Gasteiger partial charge in [0, 0.05) is 16.3 Å². The first-order valence-electron chi connectivity index (χ1n) is 10.7. The van der Waals surface area contributed by atoms with Gasteiger partial charge in [0.25, 0.3) is 5.91 Å². The molecule has 3 aromatic rings. The zero-order chi connectivity index (χ0) is 24.3. The van der Waals surface area contributed by atoms with E-state index >= 15 is 0 Å². The van der Waals surface area contributed by atoms with Crippen LogP contribution < -0.4 is 19.5 Å². The molecule has 0 radical (unpaired) electrons. The summed E-state index contributed by atoms with van der Waals surface area (Å²) >= 11 is 6.15. The van der Waals surface area contributed by atoms with Crippen LogP contribution in [0.15, 0.2) is 72.3 Å². The number of anilines is 1. The Balaban J connectivity index is 1.65. The van der Waals surface area contributed by atoms with Gasteiger partial charge in [-0.15, -0.1) is 0 Å². The van der Waals surface area contributed by atoms with Crippen LogP contribution in [-0.4, -0.2) is 19.6 Å². The van der Waals surface area contributed by atoms with Crippen LogP contribution in [0.5, 0.6) is 17.2 Å². The van der Waals surface area contributed by atoms with Crippen molar-refractivity contribution in [3.05, 3.63) is 88.5 Å². The van der Waals surface area contributed by atoms with Gasteiger partial charge < -0.3 is 19.5 Å². The number of amides is 1. The van der Waals surface area contributed by atoms with Gasteiger partial charge in [0.2, 0.25) is 0 Å². The van der Waals surface area contributed by atoms with Crippen molar-refractivity contribution >= 4 is 29.3 Å². The molecule has 0 saturated heterocycles. The van der Waals surface area contributed by atoms with Crippen LogP contribution in [0.1, 0.15) is 24.5 Å². The highest BCUT2D eigenvalue weighted by atomic mass is 35.5. The third kappa shape index (κ3) is 6.77. The Kier molecular flexibility index (Phi) is 8.96. The summed E-state index contributed by atoms with van der Waals surface area (Å²) in [6.07, 6.45) is 2.38. The molecule has 0 saturated carbocycles. The maximum atomic E-state index is 12.6. The van der Waals surface area contributed by atoms with E-state index in [1.165, 1.54) is 6.08 Å². The predicted octanol–water partition coefficient (Wildman–Crippen LogP) is 6.26. The normalized spacial score (nSPS) is 10.8. The molecule has 3 rings (SSSR count). The van der Waals surface area contributed by atoms with Gasteiger partial charge in [0.15, 0.2) is 11.5 Å². The summed E-state index contributed by atoms with van der Waals surface area (Å²) < 4.78 is 16.8. The first-order chi connectivity index (χ1) is 16.5. The number of nitriles is 1. The van der Waals surface area contributed by atoms with E-state index in [0.29, 0.717) is 46.7 Å². The monoisotopic (exact) mass is 476 g/mol. The van der Waals surface area contributed by atoms with E-state index in [4.69, 9.17) is 25.8 Å². The molecule has 1 N–H and O–H groups in total. The quantitative estimate of drug-likeness (QED) is 0.276. The molecule has 174 valence electrons. The molecular weight excluding hydrogens is 452 g/mol. The van der Waals surface area contributed by atoms with Crippen LogP contribution in [0.25, 0.3) is 6.08 Å². The van der Waals surface area contributed by atoms with Crippen molar-refractivity contribution < 1.29 is 19.0 Å². The minimum absolute atomic E-state index is 0.0386. The smallest absolute Gasteiger partial charge is 0.266 e. The number of benzene rings is 3. The lowest BCUT2D eigenvalue weighted by Gasteiger charge is -2.11. The standard InChI is InChI=1S/C27H25ClN2O4/c1-3-14-33-25-13-8-19(16-26(25)32-2)15-21(17-29)27(31)30-22-9-11-23(12-10-22)34-18-20-6-4-5-7-24(20)28/h4-13,15-16H,3,14,18H2,1-2H3,(H,30,31)/b21-15+. The van der Waals surface area contributed by atoms with Gasteiger partial charge in [0.1, 0.15) is 24.0 Å². The van der Waals surface area contributed by atoms with Gasteiger partial charge in [-0.3, -0.25) is 4.79 Å². The fourth-order valence-electron chi connectivity index (χ4n) is 3.03. The molecule has 34 heavy (non-hydrogen) atoms. The van der Waals surface area contributed by atoms with Gasteiger partial charge in [-0.2, -0.15) is 5.26 Å². The summed E-state index contributed by atoms with van der Waals surface area (Å²) in [5.74, 6) is 1.26. The molecule has 0 bridgehead atoms. The zero-order valence-electron chi connectivity index (χ0n) is 19.0. The lowest BCUT2D eigenvalue weighted by atomic mass is 10.1. The Morgan fingerprint density at radius 2 is 1.82 bits per heavy atom. The molecule has 0 atom stereocenters. The minimum atomic E-state index is -0.516. The molecule has 0 unspecified atom stereocenters. The first kappa shape index (κ1) is 24.7. The number of hydrogen-bond donors (Lipinski definition) is 1. The van der Waals surface area contributed by atoms with Gasteiger partial charge in [0.05, 0.1) is 13.7 Å². The number of carbonyl (C=O) groups is 1. The van der Waals surface area contributed by atoms with Crippen molar-refractivity contribution in [2.45, 2.75) is 20.0 Å². The molecule has 0 aliphatic heterocycles. The zero-order valence-corrected chi connectivity index (χ0v) is 19.8. The summed E-state index contributed by atoms with van der Waals surface area (Å²) in [5.41, 5.74) is 2.03. The van der Waals surface area contributed by atoms with Gasteiger partial charge in [-0.25, -0.2) is 0 Å². The maximum absolute atomic E-state index is 12.6. The van der Waals surface area contributed by atoms with Crippen LogP contribution in [0, 0.1) is 11.3 Å². The molecule has 0 aliphatic carbocycles. The van der Waals surface area contributed by atoms with E-state index in [1.807, 2.05) is 37.3 Å². The highest BCUT2D eigenvalue weighted by molar-refractivity contribution is 6.31. The Hall–Kier alpha value is -3.95. The Morgan fingerprint density at radius 1 is 1.06 bits per heavy atom. The fourth-order valence-corrected chi connectivity index (χ4v) is 3.22. The number of methoxy groups -OCH3 is 1. The first-order valence-corrected chi connectivity index (χ1v) is 11.1. The number of hydrogen-bond acceptors (Lipinski definition) is 5. The van der Waals surface area contributed by atoms with Crippen molar-refractivity contribution in [2.24, 2.45) is 0 Å². The van der Waals surface area contributed by atoms with Gasteiger partial charge in [-0.05, 0) is 60.5 Å². The van der Waals surface area contributed by atoms with Crippen molar-refractivity contribution in [3.8, 4) is 23.3 Å². The summed E-state index contributed by atoms with van der Waals surface area (Å²) in [6, 6.07) is 21.6. The van der Waals surface area contributed by atoms with E-state index in [1.54, 1.807) is 49.6 Å². The van der Waals surface area contributed by atoms with Crippen molar-refractivity contribution in [2.75, 3.05) is 19.0 Å². The Bertz CT molecular complexity index is 1200. The highest BCUT2D eigenvalue weighted by Crippen LogP contribution is 2.29. The summed E-state index contributed by atoms with van der Waals surface area (Å²) in [5, 5.41) is 12.9. The van der Waals surface area contributed by atoms with Crippen LogP contribution in [-0.2, 0) is 11.4 Å². The molecular formula is C27H25ClN2O4. The van der Waals surface area contributed by atoms with Crippen molar-refractivity contribution in [3.63, 3.8) is 0 Å². The van der Waals surface area contributed by atoms with Gasteiger partial charge in [-0.1, -0.05) is 42.8 Å². The van der Waals surface area contributed by atoms with Gasteiger partial charge >= 0.3 is 0 Å². The number of rotatable bonds is 10. The summed E-state index contributed by atoms with van der Waals surface area (Å²) in [6.45, 7) is 2.92. The molecule has 0 aliphatic rings. The molecule has 1 amide bonds. The van der Waals surface area contributed by atoms with E-state index in [-0.39, 0.29) is 5.57 Å². The van der Waals surface area contributed by atoms with Crippen LogP contribution in [0.3, 0.4) is 0 Å². The number of nitrogens with one attached hydrogen (secondary N) is 1. The maximum Gasteiger partial charge on any atom is 0.266 e. The number of nitrogens with zero attached hydrogens (tertiary/aromatic N) is 1. The SMILES string of the molecule is CCCOc1ccc(/C=C(\C#N)C(=O)Nc2ccc(OCc3ccccc3Cl)cc2)cc1OC. The van der Waals surface area contributed by atoms with E-state index < -0.39 is 5.91 Å². The largest absolute Gasteiger partial charge is 0.493 e. The molecule has 0 spiro atoms. The molecule has 7 heteroatoms. The number of ether oxygens (including phenoxy) is 3. The number of carbonyl (C=O) groups excluding carboxylic acids is 1.